The average Bonchev–Trinajstić information content (AvgIpc) is 2.81. The molecule has 0 saturated carbocycles. The first-order valence-electron chi connectivity index (χ1n) is 5.90. The summed E-state index contributed by atoms with van der Waals surface area (Å²) in [6, 6.07) is 8.08. The van der Waals surface area contributed by atoms with E-state index in [1.165, 1.54) is 5.56 Å². The summed E-state index contributed by atoms with van der Waals surface area (Å²) < 4.78 is 0. The number of halogens is 2. The first kappa shape index (κ1) is 13.9. The molecule has 2 aromatic rings. The highest BCUT2D eigenvalue weighted by molar-refractivity contribution is 7.07. The van der Waals surface area contributed by atoms with Crippen molar-refractivity contribution in [2.75, 3.05) is 6.54 Å². The van der Waals surface area contributed by atoms with Gasteiger partial charge < -0.3 is 5.32 Å². The highest BCUT2D eigenvalue weighted by Gasteiger charge is 2.14. The molecule has 1 N–H and O–H groups in total. The van der Waals surface area contributed by atoms with Crippen LogP contribution in [0.2, 0.25) is 10.0 Å². The van der Waals surface area contributed by atoms with E-state index in [9.17, 15) is 0 Å². The van der Waals surface area contributed by atoms with Gasteiger partial charge in [-0.05, 0) is 53.1 Å². The van der Waals surface area contributed by atoms with Crippen LogP contribution in [0.15, 0.2) is 35.0 Å². The number of likely N-dealkylation sites (N-methyl/N-ethyl adjacent to an activating group) is 1. The largest absolute Gasteiger partial charge is 0.310 e. The Morgan fingerprint density at radius 1 is 1.28 bits per heavy atom. The highest BCUT2D eigenvalue weighted by Crippen LogP contribution is 2.28. The summed E-state index contributed by atoms with van der Waals surface area (Å²) in [7, 11) is 0. The fourth-order valence-electron chi connectivity index (χ4n) is 1.97. The molecule has 0 radical (unpaired) electrons. The van der Waals surface area contributed by atoms with Gasteiger partial charge >= 0.3 is 0 Å². The number of thiophene rings is 1. The van der Waals surface area contributed by atoms with Crippen LogP contribution in [0.25, 0.3) is 0 Å². The minimum Gasteiger partial charge on any atom is -0.310 e. The van der Waals surface area contributed by atoms with Gasteiger partial charge in [0.1, 0.15) is 0 Å². The first-order valence-corrected chi connectivity index (χ1v) is 7.60. The van der Waals surface area contributed by atoms with E-state index in [0.717, 1.165) is 23.6 Å². The second-order valence-corrected chi connectivity index (χ2v) is 5.74. The molecule has 0 spiro atoms. The summed E-state index contributed by atoms with van der Waals surface area (Å²) in [6.07, 6.45) is 0.943. The van der Waals surface area contributed by atoms with Gasteiger partial charge in [0, 0.05) is 16.1 Å². The van der Waals surface area contributed by atoms with Crippen molar-refractivity contribution >= 4 is 34.5 Å². The molecule has 1 atom stereocenters. The van der Waals surface area contributed by atoms with E-state index in [-0.39, 0.29) is 6.04 Å². The zero-order valence-electron chi connectivity index (χ0n) is 10.1. The monoisotopic (exact) mass is 299 g/mol. The van der Waals surface area contributed by atoms with Crippen molar-refractivity contribution in [2.24, 2.45) is 0 Å². The fourth-order valence-corrected chi connectivity index (χ4v) is 3.19. The van der Waals surface area contributed by atoms with Crippen LogP contribution in [0, 0.1) is 0 Å². The third-order valence-electron chi connectivity index (χ3n) is 2.81. The minimum atomic E-state index is 0.231. The molecule has 1 aromatic heterocycles. The fraction of sp³-hybridized carbons (Fsp3) is 0.286. The molecule has 1 unspecified atom stereocenters. The summed E-state index contributed by atoms with van der Waals surface area (Å²) >= 11 is 13.9. The number of benzene rings is 1. The Morgan fingerprint density at radius 3 is 2.72 bits per heavy atom. The second-order valence-electron chi connectivity index (χ2n) is 4.11. The van der Waals surface area contributed by atoms with Gasteiger partial charge in [-0.1, -0.05) is 36.2 Å². The summed E-state index contributed by atoms with van der Waals surface area (Å²) in [5.74, 6) is 0. The molecule has 2 rings (SSSR count). The predicted octanol–water partition coefficient (Wildman–Crippen LogP) is 4.95. The topological polar surface area (TPSA) is 12.0 Å². The maximum atomic E-state index is 6.28. The maximum Gasteiger partial charge on any atom is 0.0468 e. The van der Waals surface area contributed by atoms with Gasteiger partial charge in [0.2, 0.25) is 0 Å². The summed E-state index contributed by atoms with van der Waals surface area (Å²) in [6.45, 7) is 3.01. The molecule has 0 aliphatic heterocycles. The Morgan fingerprint density at radius 2 is 2.11 bits per heavy atom. The van der Waals surface area contributed by atoms with Crippen LogP contribution in [0.1, 0.15) is 24.1 Å². The molecule has 0 fully saturated rings. The van der Waals surface area contributed by atoms with Crippen LogP contribution in [-0.2, 0) is 6.42 Å². The highest BCUT2D eigenvalue weighted by atomic mass is 35.5. The molecule has 4 heteroatoms. The zero-order valence-corrected chi connectivity index (χ0v) is 12.4. The van der Waals surface area contributed by atoms with Gasteiger partial charge in [-0.15, -0.1) is 0 Å². The first-order chi connectivity index (χ1) is 8.70. The van der Waals surface area contributed by atoms with Gasteiger partial charge in [0.15, 0.2) is 0 Å². The van der Waals surface area contributed by atoms with Crippen molar-refractivity contribution in [1.82, 2.24) is 5.32 Å². The number of hydrogen-bond donors (Lipinski definition) is 1. The number of hydrogen-bond acceptors (Lipinski definition) is 2. The lowest BCUT2D eigenvalue weighted by Gasteiger charge is -2.19. The molecule has 18 heavy (non-hydrogen) atoms. The summed E-state index contributed by atoms with van der Waals surface area (Å²) in [5, 5.41) is 9.15. The maximum absolute atomic E-state index is 6.28. The van der Waals surface area contributed by atoms with Crippen LogP contribution in [-0.4, -0.2) is 6.54 Å². The van der Waals surface area contributed by atoms with E-state index in [4.69, 9.17) is 23.2 Å². The van der Waals surface area contributed by atoms with E-state index in [2.05, 4.69) is 29.1 Å². The summed E-state index contributed by atoms with van der Waals surface area (Å²) in [5.41, 5.74) is 2.44. The van der Waals surface area contributed by atoms with Crippen LogP contribution in [0.4, 0.5) is 0 Å². The third kappa shape index (κ3) is 3.48. The molecular formula is C14H15Cl2NS. The molecule has 1 aromatic carbocycles. The molecule has 0 saturated heterocycles. The van der Waals surface area contributed by atoms with Crippen molar-refractivity contribution in [3.05, 3.63) is 56.2 Å². The van der Waals surface area contributed by atoms with Crippen molar-refractivity contribution < 1.29 is 0 Å². The molecule has 1 heterocycles. The van der Waals surface area contributed by atoms with E-state index in [1.54, 1.807) is 17.4 Å². The minimum absolute atomic E-state index is 0.231. The summed E-state index contributed by atoms with van der Waals surface area (Å²) in [4.78, 5) is 0. The van der Waals surface area contributed by atoms with Gasteiger partial charge in [-0.2, -0.15) is 11.3 Å². The SMILES string of the molecule is CCNC(Cc1ccsc1)c1ccc(Cl)cc1Cl. The molecule has 1 nitrogen and oxygen atoms in total. The van der Waals surface area contributed by atoms with Crippen LogP contribution in [0.5, 0.6) is 0 Å². The van der Waals surface area contributed by atoms with E-state index in [0.29, 0.717) is 5.02 Å². The Kier molecular flexibility index (Phi) is 5.07. The molecule has 0 amide bonds. The Bertz CT molecular complexity index is 497. The normalized spacial score (nSPS) is 12.6. The molecule has 96 valence electrons. The molecule has 0 bridgehead atoms. The lowest BCUT2D eigenvalue weighted by Crippen LogP contribution is -2.23. The predicted molar refractivity (Wildman–Crippen MR) is 80.9 cm³/mol. The van der Waals surface area contributed by atoms with Gasteiger partial charge in [0.25, 0.3) is 0 Å². The van der Waals surface area contributed by atoms with Crippen molar-refractivity contribution in [2.45, 2.75) is 19.4 Å². The Labute approximate surface area is 122 Å². The average molecular weight is 300 g/mol. The van der Waals surface area contributed by atoms with Crippen LogP contribution >= 0.6 is 34.5 Å². The van der Waals surface area contributed by atoms with Crippen molar-refractivity contribution in [3.8, 4) is 0 Å². The van der Waals surface area contributed by atoms with Crippen LogP contribution in [0.3, 0.4) is 0 Å². The van der Waals surface area contributed by atoms with Gasteiger partial charge in [-0.3, -0.25) is 0 Å². The van der Waals surface area contributed by atoms with Gasteiger partial charge in [0.05, 0.1) is 0 Å². The Hall–Kier alpha value is -0.540. The Balaban J connectivity index is 2.23. The molecular weight excluding hydrogens is 285 g/mol. The molecule has 0 aliphatic rings. The lowest BCUT2D eigenvalue weighted by molar-refractivity contribution is 0.550. The standard InChI is InChI=1S/C14H15Cl2NS/c1-2-17-14(7-10-5-6-18-9-10)12-4-3-11(15)8-13(12)16/h3-6,8-9,14,17H,2,7H2,1H3. The number of nitrogens with one attached hydrogen (secondary N) is 1. The van der Waals surface area contributed by atoms with Crippen LogP contribution < -0.4 is 5.32 Å². The molecule has 0 aliphatic carbocycles. The smallest absolute Gasteiger partial charge is 0.0468 e. The van der Waals surface area contributed by atoms with E-state index >= 15 is 0 Å². The lowest BCUT2D eigenvalue weighted by atomic mass is 10.0. The second kappa shape index (κ2) is 6.58. The quantitative estimate of drug-likeness (QED) is 0.824. The third-order valence-corrected chi connectivity index (χ3v) is 4.10. The van der Waals surface area contributed by atoms with Crippen molar-refractivity contribution in [1.29, 1.82) is 0 Å². The van der Waals surface area contributed by atoms with E-state index < -0.39 is 0 Å². The zero-order chi connectivity index (χ0) is 13.0. The van der Waals surface area contributed by atoms with Gasteiger partial charge in [-0.25, -0.2) is 0 Å². The van der Waals surface area contributed by atoms with E-state index in [1.807, 2.05) is 12.1 Å². The number of rotatable bonds is 5. The van der Waals surface area contributed by atoms with Crippen molar-refractivity contribution in [3.63, 3.8) is 0 Å².